The molecule has 0 fully saturated rings. The lowest BCUT2D eigenvalue weighted by Gasteiger charge is -2.07. The van der Waals surface area contributed by atoms with Crippen LogP contribution in [0.25, 0.3) is 11.0 Å². The van der Waals surface area contributed by atoms with E-state index in [1.807, 2.05) is 31.2 Å². The van der Waals surface area contributed by atoms with Crippen LogP contribution in [0, 0.1) is 6.92 Å². The van der Waals surface area contributed by atoms with Crippen molar-refractivity contribution < 1.29 is 9.21 Å². The molecule has 0 atom stereocenters. The molecular weight excluding hydrogens is 334 g/mol. The Bertz CT molecular complexity index is 791. The molecule has 0 spiro atoms. The van der Waals surface area contributed by atoms with Crippen LogP contribution in [0.1, 0.15) is 16.2 Å². The number of imidazole rings is 1. The van der Waals surface area contributed by atoms with E-state index in [1.54, 1.807) is 6.07 Å². The smallest absolute Gasteiger partial charge is 0.254 e. The Labute approximate surface area is 130 Å². The molecule has 2 heterocycles. The van der Waals surface area contributed by atoms with Crippen molar-refractivity contribution in [3.63, 3.8) is 0 Å². The van der Waals surface area contributed by atoms with Gasteiger partial charge in [0.2, 0.25) is 0 Å². The summed E-state index contributed by atoms with van der Waals surface area (Å²) in [5.41, 5.74) is 2.56. The number of benzene rings is 1. The van der Waals surface area contributed by atoms with Gasteiger partial charge in [0.25, 0.3) is 5.91 Å². The number of nitrogens with zero attached hydrogens (tertiary/aromatic N) is 2. The summed E-state index contributed by atoms with van der Waals surface area (Å²) < 4.78 is 7.70. The van der Waals surface area contributed by atoms with Crippen molar-refractivity contribution in [2.45, 2.75) is 13.5 Å². The summed E-state index contributed by atoms with van der Waals surface area (Å²) in [6.45, 7) is 3.18. The molecule has 0 radical (unpaired) electrons. The number of fused-ring (bicyclic) bond motifs is 1. The SMILES string of the molecule is Cc1nc2ccccc2n1CCNC(=O)c1coc(Br)c1. The summed E-state index contributed by atoms with van der Waals surface area (Å²) in [5, 5.41) is 2.87. The zero-order valence-corrected chi connectivity index (χ0v) is 13.1. The predicted octanol–water partition coefficient (Wildman–Crippen LogP) is 3.13. The van der Waals surface area contributed by atoms with Gasteiger partial charge in [-0.1, -0.05) is 12.1 Å². The Hall–Kier alpha value is -2.08. The standard InChI is InChI=1S/C15H14BrN3O2/c1-10-18-12-4-2-3-5-13(12)19(10)7-6-17-15(20)11-8-14(16)21-9-11/h2-5,8-9H,6-7H2,1H3,(H,17,20). The number of nitrogens with one attached hydrogen (secondary N) is 1. The van der Waals surface area contributed by atoms with E-state index >= 15 is 0 Å². The van der Waals surface area contributed by atoms with Gasteiger partial charge in [0.15, 0.2) is 4.67 Å². The average Bonchev–Trinajstić information content (AvgIpc) is 3.03. The topological polar surface area (TPSA) is 60.1 Å². The van der Waals surface area contributed by atoms with E-state index in [4.69, 9.17) is 4.42 Å². The van der Waals surface area contributed by atoms with E-state index < -0.39 is 0 Å². The second-order valence-corrected chi connectivity index (χ2v) is 5.48. The van der Waals surface area contributed by atoms with E-state index in [0.29, 0.717) is 23.3 Å². The highest BCUT2D eigenvalue weighted by atomic mass is 79.9. The molecule has 1 aromatic carbocycles. The number of hydrogen-bond acceptors (Lipinski definition) is 3. The summed E-state index contributed by atoms with van der Waals surface area (Å²) in [6.07, 6.45) is 1.43. The van der Waals surface area contributed by atoms with Crippen LogP contribution in [0.2, 0.25) is 0 Å². The first-order chi connectivity index (χ1) is 10.1. The number of halogens is 1. The molecule has 0 aliphatic rings. The largest absolute Gasteiger partial charge is 0.457 e. The van der Waals surface area contributed by atoms with Crippen molar-refractivity contribution in [2.75, 3.05) is 6.54 Å². The fourth-order valence-corrected chi connectivity index (χ4v) is 2.63. The third-order valence-corrected chi connectivity index (χ3v) is 3.71. The molecule has 0 aliphatic carbocycles. The van der Waals surface area contributed by atoms with Crippen molar-refractivity contribution in [3.05, 3.63) is 52.7 Å². The monoisotopic (exact) mass is 347 g/mol. The fraction of sp³-hybridized carbons (Fsp3) is 0.200. The van der Waals surface area contributed by atoms with Crippen LogP contribution in [-0.4, -0.2) is 22.0 Å². The van der Waals surface area contributed by atoms with Gasteiger partial charge in [0.1, 0.15) is 12.1 Å². The molecule has 5 nitrogen and oxygen atoms in total. The zero-order chi connectivity index (χ0) is 14.8. The Kier molecular flexibility index (Phi) is 3.79. The number of carbonyl (C=O) groups excluding carboxylic acids is 1. The van der Waals surface area contributed by atoms with Crippen LogP contribution in [0.15, 0.2) is 45.7 Å². The predicted molar refractivity (Wildman–Crippen MR) is 83.2 cm³/mol. The molecule has 21 heavy (non-hydrogen) atoms. The van der Waals surface area contributed by atoms with Crippen molar-refractivity contribution in [2.24, 2.45) is 0 Å². The summed E-state index contributed by atoms with van der Waals surface area (Å²) in [5.74, 6) is 0.794. The number of rotatable bonds is 4. The van der Waals surface area contributed by atoms with Gasteiger partial charge in [-0.25, -0.2) is 4.98 Å². The van der Waals surface area contributed by atoms with E-state index in [9.17, 15) is 4.79 Å². The Balaban J connectivity index is 1.67. The highest BCUT2D eigenvalue weighted by molar-refractivity contribution is 9.10. The minimum atomic E-state index is -0.147. The Morgan fingerprint density at radius 3 is 3.00 bits per heavy atom. The third kappa shape index (κ3) is 2.85. The summed E-state index contributed by atoms with van der Waals surface area (Å²) >= 11 is 3.18. The highest BCUT2D eigenvalue weighted by Crippen LogP contribution is 2.15. The Morgan fingerprint density at radius 2 is 2.24 bits per heavy atom. The number of aryl methyl sites for hydroxylation is 1. The van der Waals surface area contributed by atoms with Gasteiger partial charge in [0, 0.05) is 19.2 Å². The van der Waals surface area contributed by atoms with Gasteiger partial charge < -0.3 is 14.3 Å². The Morgan fingerprint density at radius 1 is 1.43 bits per heavy atom. The number of furan rings is 1. The fourth-order valence-electron chi connectivity index (χ4n) is 2.29. The summed E-state index contributed by atoms with van der Waals surface area (Å²) in [7, 11) is 0. The van der Waals surface area contributed by atoms with E-state index in [1.165, 1.54) is 6.26 Å². The zero-order valence-electron chi connectivity index (χ0n) is 11.5. The number of hydrogen-bond donors (Lipinski definition) is 1. The van der Waals surface area contributed by atoms with Gasteiger partial charge in [-0.2, -0.15) is 0 Å². The maximum absolute atomic E-state index is 11.9. The summed E-state index contributed by atoms with van der Waals surface area (Å²) in [6, 6.07) is 9.62. The van der Waals surface area contributed by atoms with Crippen molar-refractivity contribution in [1.29, 1.82) is 0 Å². The lowest BCUT2D eigenvalue weighted by atomic mass is 10.3. The van der Waals surface area contributed by atoms with Gasteiger partial charge in [-0.15, -0.1) is 0 Å². The second kappa shape index (κ2) is 5.73. The number of para-hydroxylation sites is 2. The molecule has 0 aliphatic heterocycles. The second-order valence-electron chi connectivity index (χ2n) is 4.69. The molecule has 6 heteroatoms. The quantitative estimate of drug-likeness (QED) is 0.788. The van der Waals surface area contributed by atoms with E-state index in [-0.39, 0.29) is 5.91 Å². The molecule has 3 aromatic rings. The molecular formula is C15H14BrN3O2. The highest BCUT2D eigenvalue weighted by Gasteiger charge is 2.10. The first-order valence-corrected chi connectivity index (χ1v) is 7.38. The minimum Gasteiger partial charge on any atom is -0.457 e. The average molecular weight is 348 g/mol. The molecule has 0 bridgehead atoms. The van der Waals surface area contributed by atoms with E-state index in [2.05, 4.69) is 30.8 Å². The molecule has 0 saturated carbocycles. The normalized spacial score (nSPS) is 11.0. The van der Waals surface area contributed by atoms with Crippen LogP contribution < -0.4 is 5.32 Å². The molecule has 1 amide bonds. The number of amides is 1. The van der Waals surface area contributed by atoms with Crippen LogP contribution in [0.4, 0.5) is 0 Å². The van der Waals surface area contributed by atoms with Crippen LogP contribution in [0.3, 0.4) is 0 Å². The van der Waals surface area contributed by atoms with Gasteiger partial charge in [-0.3, -0.25) is 4.79 Å². The number of carbonyl (C=O) groups is 1. The summed E-state index contributed by atoms with van der Waals surface area (Å²) in [4.78, 5) is 16.4. The first kappa shape index (κ1) is 13.9. The maximum Gasteiger partial charge on any atom is 0.254 e. The lowest BCUT2D eigenvalue weighted by Crippen LogP contribution is -2.27. The maximum atomic E-state index is 11.9. The molecule has 0 unspecified atom stereocenters. The minimum absolute atomic E-state index is 0.147. The van der Waals surface area contributed by atoms with Crippen molar-refractivity contribution in [3.8, 4) is 0 Å². The van der Waals surface area contributed by atoms with Crippen molar-refractivity contribution >= 4 is 32.9 Å². The van der Waals surface area contributed by atoms with Crippen LogP contribution in [-0.2, 0) is 6.54 Å². The van der Waals surface area contributed by atoms with Gasteiger partial charge >= 0.3 is 0 Å². The molecule has 3 rings (SSSR count). The van der Waals surface area contributed by atoms with Crippen molar-refractivity contribution in [1.82, 2.24) is 14.9 Å². The third-order valence-electron chi connectivity index (χ3n) is 3.30. The molecule has 0 saturated heterocycles. The first-order valence-electron chi connectivity index (χ1n) is 6.59. The number of aromatic nitrogens is 2. The van der Waals surface area contributed by atoms with Gasteiger partial charge in [-0.05, 0) is 35.0 Å². The van der Waals surface area contributed by atoms with Crippen LogP contribution in [0.5, 0.6) is 0 Å². The molecule has 108 valence electrons. The van der Waals surface area contributed by atoms with Crippen LogP contribution >= 0.6 is 15.9 Å². The van der Waals surface area contributed by atoms with E-state index in [0.717, 1.165) is 16.9 Å². The molecule has 1 N–H and O–H groups in total. The van der Waals surface area contributed by atoms with Gasteiger partial charge in [0.05, 0.1) is 16.6 Å². The lowest BCUT2D eigenvalue weighted by molar-refractivity contribution is 0.0951. The molecule has 2 aromatic heterocycles.